The zero-order valence-corrected chi connectivity index (χ0v) is 22.0. The summed E-state index contributed by atoms with van der Waals surface area (Å²) in [5.41, 5.74) is 1.57. The number of carbonyl (C=O) groups excluding carboxylic acids is 1. The van der Waals surface area contributed by atoms with E-state index in [1.54, 1.807) is 12.1 Å². The van der Waals surface area contributed by atoms with Crippen LogP contribution in [0, 0.1) is 18.3 Å². The number of ether oxygens (including phenoxy) is 3. The third-order valence-electron chi connectivity index (χ3n) is 4.68. The Kier molecular flexibility index (Phi) is 9.64. The van der Waals surface area contributed by atoms with Crippen LogP contribution in [0.3, 0.4) is 0 Å². The van der Waals surface area contributed by atoms with Crippen LogP contribution >= 0.6 is 27.3 Å². The van der Waals surface area contributed by atoms with Crippen molar-refractivity contribution in [3.05, 3.63) is 62.6 Å². The molecule has 2 aromatic carbocycles. The van der Waals surface area contributed by atoms with Crippen molar-refractivity contribution in [3.8, 4) is 23.3 Å². The van der Waals surface area contributed by atoms with Gasteiger partial charge in [0.05, 0.1) is 11.1 Å². The Morgan fingerprint density at radius 2 is 1.91 bits per heavy atom. The highest BCUT2D eigenvalue weighted by Crippen LogP contribution is 2.37. The van der Waals surface area contributed by atoms with Crippen molar-refractivity contribution in [2.24, 2.45) is 0 Å². The van der Waals surface area contributed by atoms with Crippen molar-refractivity contribution >= 4 is 44.4 Å². The summed E-state index contributed by atoms with van der Waals surface area (Å²) in [6.07, 6.45) is 2.20. The van der Waals surface area contributed by atoms with E-state index in [1.807, 2.05) is 51.1 Å². The monoisotopic (exact) mass is 556 g/mol. The Balaban J connectivity index is 1.72. The molecule has 3 aromatic rings. The van der Waals surface area contributed by atoms with Crippen LogP contribution in [0.15, 0.2) is 46.4 Å². The van der Waals surface area contributed by atoms with E-state index in [0.717, 1.165) is 22.7 Å². The largest absolute Gasteiger partial charge is 0.490 e. The minimum absolute atomic E-state index is 0.0760. The molecule has 0 aliphatic heterocycles. The maximum atomic E-state index is 12.6. The zero-order chi connectivity index (χ0) is 25.2. The zero-order valence-electron chi connectivity index (χ0n) is 19.6. The highest BCUT2D eigenvalue weighted by atomic mass is 79.9. The van der Waals surface area contributed by atoms with E-state index in [-0.39, 0.29) is 5.57 Å². The molecule has 0 aliphatic rings. The molecule has 0 saturated heterocycles. The average molecular weight is 557 g/mol. The lowest BCUT2D eigenvalue weighted by Crippen LogP contribution is -2.13. The number of nitrogens with one attached hydrogen (secondary N) is 1. The number of benzene rings is 2. The SMILES string of the molecule is CCOc1cc(/C=C(/C#N)C(=O)Nc2nnc(CC)s2)cc(Br)c1OCCOc1ccccc1C. The van der Waals surface area contributed by atoms with Gasteiger partial charge in [0, 0.05) is 0 Å². The number of anilines is 1. The number of carbonyl (C=O) groups is 1. The molecule has 10 heteroatoms. The predicted molar refractivity (Wildman–Crippen MR) is 139 cm³/mol. The van der Waals surface area contributed by atoms with Crippen LogP contribution in [0.1, 0.15) is 30.0 Å². The Morgan fingerprint density at radius 1 is 1.14 bits per heavy atom. The van der Waals surface area contributed by atoms with Crippen molar-refractivity contribution in [1.82, 2.24) is 10.2 Å². The van der Waals surface area contributed by atoms with E-state index in [4.69, 9.17) is 14.2 Å². The van der Waals surface area contributed by atoms with E-state index in [0.29, 0.717) is 46.5 Å². The number of aromatic nitrogens is 2. The topological polar surface area (TPSA) is 106 Å². The van der Waals surface area contributed by atoms with Crippen molar-refractivity contribution in [2.75, 3.05) is 25.1 Å². The van der Waals surface area contributed by atoms with Crippen molar-refractivity contribution in [3.63, 3.8) is 0 Å². The Hall–Kier alpha value is -3.42. The van der Waals surface area contributed by atoms with Gasteiger partial charge < -0.3 is 14.2 Å². The van der Waals surface area contributed by atoms with Gasteiger partial charge in [-0.15, -0.1) is 10.2 Å². The van der Waals surface area contributed by atoms with Crippen LogP contribution in [-0.4, -0.2) is 35.9 Å². The minimum Gasteiger partial charge on any atom is -0.490 e. The van der Waals surface area contributed by atoms with Gasteiger partial charge in [0.15, 0.2) is 11.5 Å². The Bertz CT molecular complexity index is 1250. The van der Waals surface area contributed by atoms with E-state index >= 15 is 0 Å². The van der Waals surface area contributed by atoms with Gasteiger partial charge in [-0.1, -0.05) is 36.5 Å². The van der Waals surface area contributed by atoms with Gasteiger partial charge in [0.25, 0.3) is 5.91 Å². The molecule has 35 heavy (non-hydrogen) atoms. The lowest BCUT2D eigenvalue weighted by atomic mass is 10.1. The Labute approximate surface area is 216 Å². The number of aryl methyl sites for hydroxylation is 2. The number of para-hydroxylation sites is 1. The van der Waals surface area contributed by atoms with Gasteiger partial charge in [-0.25, -0.2) is 0 Å². The number of hydrogen-bond acceptors (Lipinski definition) is 8. The van der Waals surface area contributed by atoms with Crippen molar-refractivity contribution < 1.29 is 19.0 Å². The molecule has 182 valence electrons. The molecule has 0 saturated carbocycles. The van der Waals surface area contributed by atoms with Crippen LogP contribution in [-0.2, 0) is 11.2 Å². The summed E-state index contributed by atoms with van der Waals surface area (Å²) in [5, 5.41) is 21.2. The summed E-state index contributed by atoms with van der Waals surface area (Å²) < 4.78 is 18.1. The summed E-state index contributed by atoms with van der Waals surface area (Å²) in [5.74, 6) is 1.25. The predicted octanol–water partition coefficient (Wildman–Crippen LogP) is 5.57. The van der Waals surface area contributed by atoms with Crippen molar-refractivity contribution in [1.29, 1.82) is 5.26 Å². The maximum Gasteiger partial charge on any atom is 0.268 e. The number of nitriles is 1. The van der Waals surface area contributed by atoms with Gasteiger partial charge in [-0.05, 0) is 71.6 Å². The van der Waals surface area contributed by atoms with Crippen LogP contribution in [0.25, 0.3) is 6.08 Å². The first-order valence-corrected chi connectivity index (χ1v) is 12.6. The third-order valence-corrected chi connectivity index (χ3v) is 6.25. The van der Waals surface area contributed by atoms with Gasteiger partial charge in [-0.3, -0.25) is 10.1 Å². The number of amides is 1. The molecule has 0 atom stereocenters. The molecule has 0 fully saturated rings. The molecule has 1 amide bonds. The molecule has 0 aliphatic carbocycles. The Morgan fingerprint density at radius 3 is 2.60 bits per heavy atom. The maximum absolute atomic E-state index is 12.6. The molecule has 0 radical (unpaired) electrons. The van der Waals surface area contributed by atoms with Gasteiger partial charge in [0.1, 0.15) is 35.6 Å². The molecule has 3 rings (SSSR count). The quantitative estimate of drug-likeness (QED) is 0.187. The van der Waals surface area contributed by atoms with E-state index in [1.165, 1.54) is 17.4 Å². The van der Waals surface area contributed by atoms with Gasteiger partial charge in [0.2, 0.25) is 5.13 Å². The van der Waals surface area contributed by atoms with Crippen LogP contribution in [0.2, 0.25) is 0 Å². The molecular formula is C25H25BrN4O4S. The summed E-state index contributed by atoms with van der Waals surface area (Å²) in [4.78, 5) is 12.6. The third kappa shape index (κ3) is 7.28. The second kappa shape index (κ2) is 12.9. The molecule has 1 aromatic heterocycles. The van der Waals surface area contributed by atoms with Crippen LogP contribution in [0.4, 0.5) is 5.13 Å². The fourth-order valence-electron chi connectivity index (χ4n) is 3.01. The summed E-state index contributed by atoms with van der Waals surface area (Å²) >= 11 is 4.79. The molecule has 0 bridgehead atoms. The molecule has 0 spiro atoms. The number of hydrogen-bond donors (Lipinski definition) is 1. The summed E-state index contributed by atoms with van der Waals surface area (Å²) in [7, 11) is 0. The fourth-order valence-corrected chi connectivity index (χ4v) is 4.26. The van der Waals surface area contributed by atoms with Crippen LogP contribution < -0.4 is 19.5 Å². The summed E-state index contributed by atoms with van der Waals surface area (Å²) in [6, 6.07) is 13.2. The lowest BCUT2D eigenvalue weighted by molar-refractivity contribution is -0.112. The molecule has 1 N–H and O–H groups in total. The first-order chi connectivity index (χ1) is 16.9. The van der Waals surface area contributed by atoms with Gasteiger partial charge in [-0.2, -0.15) is 5.26 Å². The second-order valence-corrected chi connectivity index (χ2v) is 9.12. The normalized spacial score (nSPS) is 11.0. The fraction of sp³-hybridized carbons (Fsp3) is 0.280. The second-order valence-electron chi connectivity index (χ2n) is 7.20. The van der Waals surface area contributed by atoms with E-state index in [2.05, 4.69) is 31.4 Å². The number of rotatable bonds is 11. The molecular weight excluding hydrogens is 532 g/mol. The van der Waals surface area contributed by atoms with Crippen molar-refractivity contribution in [2.45, 2.75) is 27.2 Å². The smallest absolute Gasteiger partial charge is 0.268 e. The first-order valence-electron chi connectivity index (χ1n) is 11.0. The average Bonchev–Trinajstić information content (AvgIpc) is 3.30. The summed E-state index contributed by atoms with van der Waals surface area (Å²) in [6.45, 7) is 6.87. The first kappa shape index (κ1) is 26.2. The van der Waals surface area contributed by atoms with E-state index < -0.39 is 5.91 Å². The number of halogens is 1. The minimum atomic E-state index is -0.561. The molecule has 8 nitrogen and oxygen atoms in total. The highest BCUT2D eigenvalue weighted by Gasteiger charge is 2.16. The number of nitrogens with zero attached hydrogens (tertiary/aromatic N) is 3. The lowest BCUT2D eigenvalue weighted by Gasteiger charge is -2.15. The highest BCUT2D eigenvalue weighted by molar-refractivity contribution is 9.10. The van der Waals surface area contributed by atoms with Crippen LogP contribution in [0.5, 0.6) is 17.2 Å². The standard InChI is InChI=1S/C25H25BrN4O4S/c1-4-22-29-30-25(35-22)28-24(31)18(15-27)12-17-13-19(26)23(21(14-17)32-5-2)34-11-10-33-20-9-7-6-8-16(20)3/h6-9,12-14H,4-5,10-11H2,1-3H3,(H,28,30,31)/b18-12-. The van der Waals surface area contributed by atoms with Gasteiger partial charge >= 0.3 is 0 Å². The molecule has 0 unspecified atom stereocenters. The van der Waals surface area contributed by atoms with E-state index in [9.17, 15) is 10.1 Å². The molecule has 1 heterocycles.